The van der Waals surface area contributed by atoms with E-state index in [0.717, 1.165) is 18.1 Å². The second-order valence-electron chi connectivity index (χ2n) is 4.96. The Morgan fingerprint density at radius 1 is 1.38 bits per heavy atom. The Morgan fingerprint density at radius 2 is 2.06 bits per heavy atom. The van der Waals surface area contributed by atoms with E-state index < -0.39 is 0 Å². The van der Waals surface area contributed by atoms with Crippen LogP contribution in [0.25, 0.3) is 0 Å². The largest absolute Gasteiger partial charge is 0.313 e. The van der Waals surface area contributed by atoms with Crippen molar-refractivity contribution >= 4 is 11.8 Å². The van der Waals surface area contributed by atoms with Gasteiger partial charge < -0.3 is 5.32 Å². The van der Waals surface area contributed by atoms with Gasteiger partial charge in [0.25, 0.3) is 0 Å². The van der Waals surface area contributed by atoms with Crippen LogP contribution in [0.3, 0.4) is 0 Å². The predicted octanol–water partition coefficient (Wildman–Crippen LogP) is 3.39. The monoisotopic (exact) mass is 238 g/mol. The summed E-state index contributed by atoms with van der Waals surface area (Å²) in [4.78, 5) is 4.54. The van der Waals surface area contributed by atoms with Crippen LogP contribution in [0.1, 0.15) is 38.8 Å². The highest BCUT2D eigenvalue weighted by Crippen LogP contribution is 2.32. The molecule has 0 saturated carbocycles. The zero-order valence-electron chi connectivity index (χ0n) is 10.9. The Hall–Kier alpha value is -0.540. The molecule has 0 bridgehead atoms. The topological polar surface area (TPSA) is 24.9 Å². The normalized spacial score (nSPS) is 11.8. The summed E-state index contributed by atoms with van der Waals surface area (Å²) in [6, 6.07) is 2.23. The lowest BCUT2D eigenvalue weighted by atomic mass is 10.2. The van der Waals surface area contributed by atoms with Gasteiger partial charge in [-0.15, -0.1) is 11.8 Å². The van der Waals surface area contributed by atoms with Gasteiger partial charge in [0.2, 0.25) is 0 Å². The zero-order valence-corrected chi connectivity index (χ0v) is 11.7. The lowest BCUT2D eigenvalue weighted by Crippen LogP contribution is -2.12. The molecule has 0 aromatic carbocycles. The maximum absolute atomic E-state index is 4.54. The average Bonchev–Trinajstić information content (AvgIpc) is 2.17. The lowest BCUT2D eigenvalue weighted by Gasteiger charge is -2.18. The molecule has 90 valence electrons. The molecule has 1 aromatic rings. The summed E-state index contributed by atoms with van der Waals surface area (Å²) in [7, 11) is 0. The fourth-order valence-electron chi connectivity index (χ4n) is 1.38. The van der Waals surface area contributed by atoms with E-state index in [1.54, 1.807) is 0 Å². The highest BCUT2D eigenvalue weighted by atomic mass is 32.2. The Morgan fingerprint density at radius 3 is 2.56 bits per heavy atom. The molecule has 0 radical (unpaired) electrons. The van der Waals surface area contributed by atoms with Crippen LogP contribution in [0.15, 0.2) is 17.3 Å². The molecular weight excluding hydrogens is 216 g/mol. The number of thioether (sulfide) groups is 1. The summed E-state index contributed by atoms with van der Waals surface area (Å²) in [5, 5.41) is 4.46. The van der Waals surface area contributed by atoms with Gasteiger partial charge in [0.1, 0.15) is 0 Å². The number of rotatable bonds is 4. The Bertz CT molecular complexity index is 342. The van der Waals surface area contributed by atoms with Gasteiger partial charge in [-0.2, -0.15) is 0 Å². The number of aryl methyl sites for hydroxylation is 1. The predicted molar refractivity (Wildman–Crippen MR) is 72.0 cm³/mol. The first-order chi connectivity index (χ1) is 7.42. The molecule has 0 fully saturated rings. The summed E-state index contributed by atoms with van der Waals surface area (Å²) >= 11 is 1.83. The van der Waals surface area contributed by atoms with Gasteiger partial charge in [0.15, 0.2) is 0 Å². The van der Waals surface area contributed by atoms with Crippen LogP contribution >= 0.6 is 11.8 Å². The summed E-state index contributed by atoms with van der Waals surface area (Å²) < 4.78 is 0.223. The number of pyridine rings is 1. The SMILES string of the molecule is CCNCc1cnc(SC(C)(C)C)c(C)c1. The molecule has 0 aliphatic rings. The van der Waals surface area contributed by atoms with Crippen LogP contribution in [0.2, 0.25) is 0 Å². The van der Waals surface area contributed by atoms with Gasteiger partial charge in [0.05, 0.1) is 5.03 Å². The molecule has 0 aliphatic heterocycles. The van der Waals surface area contributed by atoms with Crippen molar-refractivity contribution in [1.29, 1.82) is 0 Å². The molecule has 1 heterocycles. The first-order valence-electron chi connectivity index (χ1n) is 5.77. The molecule has 0 aliphatic carbocycles. The quantitative estimate of drug-likeness (QED) is 0.814. The van der Waals surface area contributed by atoms with Crippen molar-refractivity contribution in [3.8, 4) is 0 Å². The third kappa shape index (κ3) is 4.54. The summed E-state index contributed by atoms with van der Waals surface area (Å²) in [6.45, 7) is 12.8. The van der Waals surface area contributed by atoms with Gasteiger partial charge in [-0.05, 0) is 24.6 Å². The molecule has 2 nitrogen and oxygen atoms in total. The molecule has 1 rings (SSSR count). The summed E-state index contributed by atoms with van der Waals surface area (Å²) in [5.41, 5.74) is 2.54. The lowest BCUT2D eigenvalue weighted by molar-refractivity contribution is 0.721. The van der Waals surface area contributed by atoms with E-state index in [2.05, 4.69) is 51.0 Å². The van der Waals surface area contributed by atoms with Crippen molar-refractivity contribution in [3.05, 3.63) is 23.4 Å². The van der Waals surface area contributed by atoms with Gasteiger partial charge in [-0.25, -0.2) is 4.98 Å². The molecule has 0 atom stereocenters. The number of hydrogen-bond donors (Lipinski definition) is 1. The van der Waals surface area contributed by atoms with Gasteiger partial charge in [-0.1, -0.05) is 33.8 Å². The van der Waals surface area contributed by atoms with Crippen LogP contribution in [-0.4, -0.2) is 16.3 Å². The van der Waals surface area contributed by atoms with Crippen LogP contribution in [0.5, 0.6) is 0 Å². The smallest absolute Gasteiger partial charge is 0.0994 e. The van der Waals surface area contributed by atoms with Gasteiger partial charge in [0, 0.05) is 17.5 Å². The van der Waals surface area contributed by atoms with E-state index in [0.29, 0.717) is 0 Å². The minimum absolute atomic E-state index is 0.223. The van der Waals surface area contributed by atoms with Crippen LogP contribution < -0.4 is 5.32 Å². The van der Waals surface area contributed by atoms with Crippen molar-refractivity contribution in [2.45, 2.75) is 50.9 Å². The van der Waals surface area contributed by atoms with Crippen molar-refractivity contribution in [2.75, 3.05) is 6.54 Å². The van der Waals surface area contributed by atoms with Crippen molar-refractivity contribution in [3.63, 3.8) is 0 Å². The number of hydrogen-bond acceptors (Lipinski definition) is 3. The number of nitrogens with zero attached hydrogens (tertiary/aromatic N) is 1. The molecule has 1 N–H and O–H groups in total. The molecule has 0 amide bonds. The number of nitrogens with one attached hydrogen (secondary N) is 1. The Balaban J connectivity index is 2.75. The average molecular weight is 238 g/mol. The van der Waals surface area contributed by atoms with Crippen molar-refractivity contribution < 1.29 is 0 Å². The summed E-state index contributed by atoms with van der Waals surface area (Å²) in [5.74, 6) is 0. The molecule has 3 heteroatoms. The van der Waals surface area contributed by atoms with Crippen LogP contribution in [0.4, 0.5) is 0 Å². The zero-order chi connectivity index (χ0) is 12.2. The van der Waals surface area contributed by atoms with E-state index >= 15 is 0 Å². The molecule has 16 heavy (non-hydrogen) atoms. The fourth-order valence-corrected chi connectivity index (χ4v) is 2.29. The molecule has 1 aromatic heterocycles. The van der Waals surface area contributed by atoms with Gasteiger partial charge >= 0.3 is 0 Å². The second kappa shape index (κ2) is 5.69. The fraction of sp³-hybridized carbons (Fsp3) is 0.615. The third-order valence-electron chi connectivity index (χ3n) is 2.07. The first kappa shape index (κ1) is 13.5. The van der Waals surface area contributed by atoms with E-state index in [9.17, 15) is 0 Å². The van der Waals surface area contributed by atoms with Crippen LogP contribution in [-0.2, 0) is 6.54 Å². The van der Waals surface area contributed by atoms with E-state index in [1.807, 2.05) is 18.0 Å². The number of aromatic nitrogens is 1. The first-order valence-corrected chi connectivity index (χ1v) is 6.59. The van der Waals surface area contributed by atoms with Gasteiger partial charge in [-0.3, -0.25) is 0 Å². The Labute approximate surface area is 103 Å². The summed E-state index contributed by atoms with van der Waals surface area (Å²) in [6.07, 6.45) is 1.98. The molecular formula is C13H22N2S. The van der Waals surface area contributed by atoms with E-state index in [1.165, 1.54) is 11.1 Å². The van der Waals surface area contributed by atoms with Crippen molar-refractivity contribution in [2.24, 2.45) is 0 Å². The molecule has 0 saturated heterocycles. The van der Waals surface area contributed by atoms with E-state index in [-0.39, 0.29) is 4.75 Å². The minimum Gasteiger partial charge on any atom is -0.313 e. The molecule has 0 unspecified atom stereocenters. The van der Waals surface area contributed by atoms with Crippen molar-refractivity contribution in [1.82, 2.24) is 10.3 Å². The highest BCUT2D eigenvalue weighted by molar-refractivity contribution is 8.00. The van der Waals surface area contributed by atoms with Crippen LogP contribution in [0, 0.1) is 6.92 Å². The Kier molecular flexibility index (Phi) is 4.81. The maximum atomic E-state index is 4.54. The standard InChI is InChI=1S/C13H22N2S/c1-6-14-8-11-7-10(2)12(15-9-11)16-13(3,4)5/h7,9,14H,6,8H2,1-5H3. The minimum atomic E-state index is 0.223. The third-order valence-corrected chi connectivity index (χ3v) is 3.30. The maximum Gasteiger partial charge on any atom is 0.0994 e. The molecule has 0 spiro atoms. The highest BCUT2D eigenvalue weighted by Gasteiger charge is 2.14. The van der Waals surface area contributed by atoms with E-state index in [4.69, 9.17) is 0 Å². The second-order valence-corrected chi connectivity index (χ2v) is 6.78.